The number of hydrogen-bond acceptors (Lipinski definition) is 5. The largest absolute Gasteiger partial charge is 0.369 e. The smallest absolute Gasteiger partial charge is 0.271 e. The molecule has 144 valence electrons. The van der Waals surface area contributed by atoms with Gasteiger partial charge in [-0.25, -0.2) is 4.98 Å². The van der Waals surface area contributed by atoms with E-state index in [1.54, 1.807) is 36.9 Å². The average molecular weight is 378 g/mol. The van der Waals surface area contributed by atoms with Crippen molar-refractivity contribution in [3.63, 3.8) is 0 Å². The molecule has 3 heterocycles. The molecule has 1 aromatic carbocycles. The van der Waals surface area contributed by atoms with Gasteiger partial charge in [-0.15, -0.1) is 0 Å². The standard InChI is InChI=1S/C20H22N6O2/c1-25-13-22-12-18(25)15-10-17(20(28)23-11-15)24-19(27)14-2-4-16(5-3-14)26-8-6-21-7-9-26/h2-5,10-13,21H,6-9H2,1H3,(H,23,28)(H,24,27). The van der Waals surface area contributed by atoms with Crippen LogP contribution in [0.15, 0.2) is 53.8 Å². The fourth-order valence-corrected chi connectivity index (χ4v) is 3.30. The second-order valence-electron chi connectivity index (χ2n) is 6.76. The van der Waals surface area contributed by atoms with E-state index in [1.807, 2.05) is 23.7 Å². The molecule has 1 fully saturated rings. The first-order chi connectivity index (χ1) is 13.6. The number of anilines is 2. The van der Waals surface area contributed by atoms with Gasteiger partial charge in [0.05, 0.1) is 18.2 Å². The van der Waals surface area contributed by atoms with Gasteiger partial charge in [-0.05, 0) is 30.3 Å². The highest BCUT2D eigenvalue weighted by Gasteiger charge is 2.13. The van der Waals surface area contributed by atoms with E-state index in [1.165, 1.54) is 0 Å². The Morgan fingerprint density at radius 1 is 1.18 bits per heavy atom. The second kappa shape index (κ2) is 7.69. The summed E-state index contributed by atoms with van der Waals surface area (Å²) in [6.07, 6.45) is 4.99. The molecule has 0 unspecified atom stereocenters. The summed E-state index contributed by atoms with van der Waals surface area (Å²) in [5.74, 6) is -0.320. The van der Waals surface area contributed by atoms with Crippen molar-refractivity contribution in [1.29, 1.82) is 0 Å². The van der Waals surface area contributed by atoms with Crippen LogP contribution in [-0.2, 0) is 7.05 Å². The van der Waals surface area contributed by atoms with Crippen LogP contribution in [0.1, 0.15) is 10.4 Å². The van der Waals surface area contributed by atoms with Gasteiger partial charge in [-0.2, -0.15) is 0 Å². The molecule has 0 saturated carbocycles. The monoisotopic (exact) mass is 378 g/mol. The summed E-state index contributed by atoms with van der Waals surface area (Å²) in [6.45, 7) is 3.81. The second-order valence-corrected chi connectivity index (χ2v) is 6.76. The number of amides is 1. The van der Waals surface area contributed by atoms with E-state index < -0.39 is 0 Å². The lowest BCUT2D eigenvalue weighted by atomic mass is 10.1. The molecule has 1 saturated heterocycles. The Bertz CT molecular complexity index is 1030. The third-order valence-corrected chi connectivity index (χ3v) is 4.88. The van der Waals surface area contributed by atoms with Crippen LogP contribution in [0.4, 0.5) is 11.4 Å². The van der Waals surface area contributed by atoms with Gasteiger partial charge in [-0.3, -0.25) is 9.59 Å². The molecule has 3 aromatic rings. The molecule has 28 heavy (non-hydrogen) atoms. The van der Waals surface area contributed by atoms with Gasteiger partial charge in [0.2, 0.25) is 0 Å². The summed E-state index contributed by atoms with van der Waals surface area (Å²) < 4.78 is 1.84. The van der Waals surface area contributed by atoms with Gasteiger partial charge in [-0.1, -0.05) is 0 Å². The first kappa shape index (κ1) is 18.0. The van der Waals surface area contributed by atoms with Crippen molar-refractivity contribution in [2.24, 2.45) is 7.05 Å². The molecule has 1 aliphatic rings. The molecule has 0 spiro atoms. The Labute approximate surface area is 162 Å². The maximum atomic E-state index is 12.6. The van der Waals surface area contributed by atoms with Crippen molar-refractivity contribution < 1.29 is 4.79 Å². The SMILES string of the molecule is Cn1cncc1-c1c[nH]c(=O)c(NC(=O)c2ccc(N3CCNCC3)cc2)c1. The highest BCUT2D eigenvalue weighted by atomic mass is 16.2. The summed E-state index contributed by atoms with van der Waals surface area (Å²) in [6, 6.07) is 9.10. The van der Waals surface area contributed by atoms with E-state index in [4.69, 9.17) is 0 Å². The minimum Gasteiger partial charge on any atom is -0.369 e. The van der Waals surface area contributed by atoms with Gasteiger partial charge in [0.1, 0.15) is 5.69 Å². The zero-order chi connectivity index (χ0) is 19.5. The number of carbonyl (C=O) groups excluding carboxylic acids is 1. The molecule has 2 aromatic heterocycles. The van der Waals surface area contributed by atoms with Crippen LogP contribution in [0.3, 0.4) is 0 Å². The number of aromatic nitrogens is 3. The molecule has 8 heteroatoms. The number of H-pyrrole nitrogens is 1. The van der Waals surface area contributed by atoms with E-state index in [0.29, 0.717) is 5.56 Å². The number of nitrogens with one attached hydrogen (secondary N) is 3. The number of benzene rings is 1. The molecular formula is C20H22N6O2. The molecular weight excluding hydrogens is 356 g/mol. The average Bonchev–Trinajstić information content (AvgIpc) is 3.16. The molecule has 0 aliphatic carbocycles. The van der Waals surface area contributed by atoms with E-state index in [2.05, 4.69) is 25.5 Å². The van der Waals surface area contributed by atoms with Crippen molar-refractivity contribution in [2.75, 3.05) is 36.4 Å². The van der Waals surface area contributed by atoms with Crippen LogP contribution >= 0.6 is 0 Å². The Morgan fingerprint density at radius 2 is 1.93 bits per heavy atom. The number of rotatable bonds is 4. The third-order valence-electron chi connectivity index (χ3n) is 4.88. The number of hydrogen-bond donors (Lipinski definition) is 3. The molecule has 0 bridgehead atoms. The highest BCUT2D eigenvalue weighted by Crippen LogP contribution is 2.20. The van der Waals surface area contributed by atoms with Gasteiger partial charge in [0.25, 0.3) is 11.5 Å². The van der Waals surface area contributed by atoms with Crippen molar-refractivity contribution in [3.8, 4) is 11.3 Å². The number of piperazine rings is 1. The zero-order valence-electron chi connectivity index (χ0n) is 15.6. The van der Waals surface area contributed by atoms with Gasteiger partial charge >= 0.3 is 0 Å². The summed E-state index contributed by atoms with van der Waals surface area (Å²) in [5.41, 5.74) is 3.06. The normalized spacial score (nSPS) is 14.1. The van der Waals surface area contributed by atoms with Crippen molar-refractivity contribution >= 4 is 17.3 Å². The van der Waals surface area contributed by atoms with Crippen molar-refractivity contribution in [2.45, 2.75) is 0 Å². The molecule has 8 nitrogen and oxygen atoms in total. The van der Waals surface area contributed by atoms with E-state index in [9.17, 15) is 9.59 Å². The molecule has 4 rings (SSSR count). The quantitative estimate of drug-likeness (QED) is 0.639. The maximum absolute atomic E-state index is 12.6. The first-order valence-corrected chi connectivity index (χ1v) is 9.18. The van der Waals surface area contributed by atoms with Gasteiger partial charge < -0.3 is 25.1 Å². The lowest BCUT2D eigenvalue weighted by Crippen LogP contribution is -2.43. The minimum absolute atomic E-state index is 0.204. The molecule has 1 aliphatic heterocycles. The van der Waals surface area contributed by atoms with Gasteiger partial charge in [0, 0.05) is 56.2 Å². The Morgan fingerprint density at radius 3 is 2.61 bits per heavy atom. The van der Waals surface area contributed by atoms with Crippen LogP contribution in [0.5, 0.6) is 0 Å². The van der Waals surface area contributed by atoms with Crippen molar-refractivity contribution in [1.82, 2.24) is 19.9 Å². The Hall–Kier alpha value is -3.39. The number of pyridine rings is 1. The Kier molecular flexibility index (Phi) is 4.94. The Balaban J connectivity index is 1.52. The topological polar surface area (TPSA) is 95.0 Å². The molecule has 1 amide bonds. The van der Waals surface area contributed by atoms with E-state index in [0.717, 1.165) is 43.1 Å². The fourth-order valence-electron chi connectivity index (χ4n) is 3.30. The van der Waals surface area contributed by atoms with E-state index >= 15 is 0 Å². The summed E-state index contributed by atoms with van der Waals surface area (Å²) in [5, 5.41) is 6.03. The van der Waals surface area contributed by atoms with Crippen LogP contribution in [-0.4, -0.2) is 46.6 Å². The summed E-state index contributed by atoms with van der Waals surface area (Å²) >= 11 is 0. The van der Waals surface area contributed by atoms with Crippen LogP contribution < -0.4 is 21.1 Å². The predicted molar refractivity (Wildman–Crippen MR) is 109 cm³/mol. The van der Waals surface area contributed by atoms with Crippen LogP contribution in [0.2, 0.25) is 0 Å². The number of nitrogens with zero attached hydrogens (tertiary/aromatic N) is 3. The van der Waals surface area contributed by atoms with Crippen molar-refractivity contribution in [3.05, 3.63) is 65.0 Å². The lowest BCUT2D eigenvalue weighted by Gasteiger charge is -2.29. The summed E-state index contributed by atoms with van der Waals surface area (Å²) in [4.78, 5) is 33.8. The summed E-state index contributed by atoms with van der Waals surface area (Å²) in [7, 11) is 1.87. The fraction of sp³-hybridized carbons (Fsp3) is 0.250. The zero-order valence-corrected chi connectivity index (χ0v) is 15.6. The van der Waals surface area contributed by atoms with Crippen LogP contribution in [0.25, 0.3) is 11.3 Å². The third kappa shape index (κ3) is 3.67. The first-order valence-electron chi connectivity index (χ1n) is 9.18. The molecule has 3 N–H and O–H groups in total. The molecule has 0 atom stereocenters. The predicted octanol–water partition coefficient (Wildman–Crippen LogP) is 1.44. The van der Waals surface area contributed by atoms with E-state index in [-0.39, 0.29) is 17.2 Å². The van der Waals surface area contributed by atoms with Gasteiger partial charge in [0.15, 0.2) is 0 Å². The lowest BCUT2D eigenvalue weighted by molar-refractivity contribution is 0.102. The highest BCUT2D eigenvalue weighted by molar-refractivity contribution is 6.04. The number of imidazole rings is 1. The van der Waals surface area contributed by atoms with Crippen LogP contribution in [0, 0.1) is 0 Å². The molecule has 0 radical (unpaired) electrons. The number of carbonyl (C=O) groups is 1. The maximum Gasteiger partial charge on any atom is 0.271 e. The number of aromatic amines is 1. The minimum atomic E-state index is -0.350. The number of aryl methyl sites for hydroxylation is 1.